The van der Waals surface area contributed by atoms with Crippen LogP contribution >= 0.6 is 0 Å². The number of anilines is 1. The third-order valence-corrected chi connectivity index (χ3v) is 7.03. The summed E-state index contributed by atoms with van der Waals surface area (Å²) in [6.07, 6.45) is 11.1. The first-order chi connectivity index (χ1) is 17.1. The third kappa shape index (κ3) is 5.50. The molecule has 182 valence electrons. The Kier molecular flexibility index (Phi) is 7.02. The van der Waals surface area contributed by atoms with Crippen molar-refractivity contribution in [3.8, 4) is 5.75 Å². The Labute approximate surface area is 207 Å². The summed E-state index contributed by atoms with van der Waals surface area (Å²) in [7, 11) is 2.21. The highest BCUT2D eigenvalue weighted by Gasteiger charge is 2.19. The number of nitrogens with zero attached hydrogens (tertiary/aromatic N) is 2. The van der Waals surface area contributed by atoms with Gasteiger partial charge in [0.05, 0.1) is 6.61 Å². The van der Waals surface area contributed by atoms with Crippen LogP contribution in [0.2, 0.25) is 0 Å². The first-order valence-corrected chi connectivity index (χ1v) is 12.4. The molecule has 6 nitrogen and oxygen atoms in total. The van der Waals surface area contributed by atoms with Gasteiger partial charge in [0.25, 0.3) is 0 Å². The van der Waals surface area contributed by atoms with Crippen LogP contribution in [-0.4, -0.2) is 50.3 Å². The summed E-state index contributed by atoms with van der Waals surface area (Å²) >= 11 is 0. The second-order valence-corrected chi connectivity index (χ2v) is 9.45. The molecule has 3 heterocycles. The van der Waals surface area contributed by atoms with Gasteiger partial charge in [0.1, 0.15) is 5.75 Å². The normalized spacial score (nSPS) is 18.4. The smallest absolute Gasteiger partial charge is 0.244 e. The zero-order chi connectivity index (χ0) is 24.2. The molecular formula is C29H33N3O3. The topological polar surface area (TPSA) is 68.0 Å². The van der Waals surface area contributed by atoms with Gasteiger partial charge in [0, 0.05) is 61.8 Å². The number of carbonyl (C=O) groups is 1. The molecule has 1 fully saturated rings. The van der Waals surface area contributed by atoms with E-state index in [-0.39, 0.29) is 0 Å². The second kappa shape index (κ2) is 10.5. The fraction of sp³-hybridized carbons (Fsp3) is 0.345. The van der Waals surface area contributed by atoms with E-state index in [0.29, 0.717) is 24.6 Å². The zero-order valence-corrected chi connectivity index (χ0v) is 20.3. The number of hydrogen-bond donors (Lipinski definition) is 1. The van der Waals surface area contributed by atoms with Crippen molar-refractivity contribution in [3.05, 3.63) is 83.1 Å². The summed E-state index contributed by atoms with van der Waals surface area (Å²) < 4.78 is 11.3. The largest absolute Gasteiger partial charge is 0.493 e. The van der Waals surface area contributed by atoms with Crippen molar-refractivity contribution in [1.82, 2.24) is 4.90 Å². The van der Waals surface area contributed by atoms with Crippen LogP contribution in [0.3, 0.4) is 0 Å². The Bertz CT molecular complexity index is 1160. The van der Waals surface area contributed by atoms with Gasteiger partial charge in [-0.1, -0.05) is 30.4 Å². The summed E-state index contributed by atoms with van der Waals surface area (Å²) in [5.74, 6) is 0.390. The highest BCUT2D eigenvalue weighted by Crippen LogP contribution is 2.31. The van der Waals surface area contributed by atoms with Gasteiger partial charge < -0.3 is 20.1 Å². The fourth-order valence-electron chi connectivity index (χ4n) is 4.94. The maximum absolute atomic E-state index is 11.7. The van der Waals surface area contributed by atoms with Crippen LogP contribution in [-0.2, 0) is 16.1 Å². The van der Waals surface area contributed by atoms with Crippen molar-refractivity contribution in [1.29, 1.82) is 0 Å². The predicted molar refractivity (Wildman–Crippen MR) is 140 cm³/mol. The average molecular weight is 472 g/mol. The van der Waals surface area contributed by atoms with E-state index in [1.54, 1.807) is 0 Å². The van der Waals surface area contributed by atoms with Crippen LogP contribution < -0.4 is 15.4 Å². The molecule has 3 aliphatic rings. The molecule has 35 heavy (non-hydrogen) atoms. The van der Waals surface area contributed by atoms with Gasteiger partial charge >= 0.3 is 0 Å². The lowest BCUT2D eigenvalue weighted by Crippen LogP contribution is -2.36. The highest BCUT2D eigenvalue weighted by molar-refractivity contribution is 5.97. The quantitative estimate of drug-likeness (QED) is 0.678. The van der Waals surface area contributed by atoms with Crippen molar-refractivity contribution in [2.45, 2.75) is 31.8 Å². The molecule has 2 aromatic rings. The van der Waals surface area contributed by atoms with Crippen LogP contribution in [0, 0.1) is 0 Å². The number of primary amides is 1. The predicted octanol–water partition coefficient (Wildman–Crippen LogP) is 4.37. The molecule has 1 amide bonds. The van der Waals surface area contributed by atoms with E-state index in [9.17, 15) is 4.79 Å². The van der Waals surface area contributed by atoms with Crippen molar-refractivity contribution in [3.63, 3.8) is 0 Å². The SMILES string of the molecule is CN(Cc1ccc(N2C=C(c3ccc4c(c3)C=C(C(N)=O)CCO4)C=CC2)cc1)C1CCOCC1. The lowest BCUT2D eigenvalue weighted by atomic mass is 9.99. The number of ether oxygens (including phenoxy) is 2. The number of benzene rings is 2. The number of allylic oxidation sites excluding steroid dienone is 2. The molecule has 6 heteroatoms. The second-order valence-electron chi connectivity index (χ2n) is 9.45. The zero-order valence-electron chi connectivity index (χ0n) is 20.3. The molecule has 0 aromatic heterocycles. The standard InChI is InChI=1S/C29H33N3O3/c1-31(26-11-14-34-15-12-26)19-21-4-7-27(8-5-21)32-13-2-3-24(20-32)22-6-9-28-25(17-22)18-23(29(30)33)10-16-35-28/h2-9,17-18,20,26H,10-16,19H2,1H3,(H2,30,33). The molecule has 2 aromatic carbocycles. The van der Waals surface area contributed by atoms with Gasteiger partial charge in [0.15, 0.2) is 0 Å². The maximum atomic E-state index is 11.7. The number of hydrogen-bond acceptors (Lipinski definition) is 5. The summed E-state index contributed by atoms with van der Waals surface area (Å²) in [5, 5.41) is 0. The van der Waals surface area contributed by atoms with Crippen LogP contribution in [0.1, 0.15) is 36.0 Å². The monoisotopic (exact) mass is 471 g/mol. The molecule has 0 aliphatic carbocycles. The van der Waals surface area contributed by atoms with Crippen LogP contribution in [0.15, 0.2) is 66.4 Å². The summed E-state index contributed by atoms with van der Waals surface area (Å²) in [5.41, 5.74) is 11.7. The van der Waals surface area contributed by atoms with E-state index in [1.807, 2.05) is 12.1 Å². The first kappa shape index (κ1) is 23.4. The molecule has 2 N–H and O–H groups in total. The summed E-state index contributed by atoms with van der Waals surface area (Å²) in [6.45, 7) is 3.96. The Morgan fingerprint density at radius 3 is 2.69 bits per heavy atom. The lowest BCUT2D eigenvalue weighted by molar-refractivity contribution is -0.114. The van der Waals surface area contributed by atoms with Gasteiger partial charge in [-0.25, -0.2) is 0 Å². The van der Waals surface area contributed by atoms with Crippen molar-refractivity contribution in [2.24, 2.45) is 5.73 Å². The number of fused-ring (bicyclic) bond motifs is 1. The maximum Gasteiger partial charge on any atom is 0.244 e. The molecule has 0 bridgehead atoms. The number of rotatable bonds is 6. The first-order valence-electron chi connectivity index (χ1n) is 12.4. The van der Waals surface area contributed by atoms with Gasteiger partial charge in [-0.2, -0.15) is 0 Å². The van der Waals surface area contributed by atoms with Crippen molar-refractivity contribution in [2.75, 3.05) is 38.3 Å². The average Bonchev–Trinajstić information content (AvgIpc) is 3.12. The molecule has 0 spiro atoms. The van der Waals surface area contributed by atoms with Gasteiger partial charge in [-0.3, -0.25) is 9.69 Å². The molecule has 3 aliphatic heterocycles. The van der Waals surface area contributed by atoms with Crippen LogP contribution in [0.25, 0.3) is 11.6 Å². The molecular weight excluding hydrogens is 438 g/mol. The molecule has 0 radical (unpaired) electrons. The van der Waals surface area contributed by atoms with Gasteiger partial charge in [-0.15, -0.1) is 0 Å². The molecule has 0 atom stereocenters. The number of amides is 1. The Hall–Kier alpha value is -3.35. The van der Waals surface area contributed by atoms with E-state index in [0.717, 1.165) is 61.6 Å². The molecule has 0 saturated carbocycles. The van der Waals surface area contributed by atoms with E-state index in [2.05, 4.69) is 71.6 Å². The molecule has 1 saturated heterocycles. The van der Waals surface area contributed by atoms with Crippen LogP contribution in [0.4, 0.5) is 5.69 Å². The number of carbonyl (C=O) groups excluding carboxylic acids is 1. The Morgan fingerprint density at radius 1 is 1.11 bits per heavy atom. The minimum Gasteiger partial charge on any atom is -0.493 e. The van der Waals surface area contributed by atoms with Gasteiger partial charge in [-0.05, 0) is 66.9 Å². The van der Waals surface area contributed by atoms with E-state index < -0.39 is 5.91 Å². The Balaban J connectivity index is 1.31. The van der Waals surface area contributed by atoms with E-state index in [1.165, 1.54) is 11.3 Å². The minimum absolute atomic E-state index is 0.391. The van der Waals surface area contributed by atoms with Crippen LogP contribution in [0.5, 0.6) is 5.75 Å². The van der Waals surface area contributed by atoms with E-state index >= 15 is 0 Å². The summed E-state index contributed by atoms with van der Waals surface area (Å²) in [4.78, 5) is 16.4. The van der Waals surface area contributed by atoms with E-state index in [4.69, 9.17) is 15.2 Å². The molecule has 5 rings (SSSR count). The summed E-state index contributed by atoms with van der Waals surface area (Å²) in [6, 6.07) is 15.6. The fourth-order valence-corrected chi connectivity index (χ4v) is 4.94. The molecule has 0 unspecified atom stereocenters. The van der Waals surface area contributed by atoms with Crippen molar-refractivity contribution < 1.29 is 14.3 Å². The Morgan fingerprint density at radius 2 is 1.91 bits per heavy atom. The number of nitrogens with two attached hydrogens (primary N) is 1. The highest BCUT2D eigenvalue weighted by atomic mass is 16.5. The minimum atomic E-state index is -0.391. The lowest BCUT2D eigenvalue weighted by Gasteiger charge is -2.31. The van der Waals surface area contributed by atoms with Crippen molar-refractivity contribution >= 4 is 23.2 Å². The third-order valence-electron chi connectivity index (χ3n) is 7.03. The van der Waals surface area contributed by atoms with Gasteiger partial charge in [0.2, 0.25) is 5.91 Å².